The van der Waals surface area contributed by atoms with Gasteiger partial charge in [0.1, 0.15) is 11.4 Å². The molecule has 0 bridgehead atoms. The molecule has 29 heavy (non-hydrogen) atoms. The molecule has 3 N–H and O–H groups in total. The number of ketones is 1. The van der Waals surface area contributed by atoms with Crippen LogP contribution in [0.15, 0.2) is 30.3 Å². The number of benzene rings is 1. The van der Waals surface area contributed by atoms with Crippen LogP contribution in [0.4, 0.5) is 13.2 Å². The molecule has 1 atom stereocenters. The van der Waals surface area contributed by atoms with Crippen LogP contribution in [0.5, 0.6) is 5.75 Å². The van der Waals surface area contributed by atoms with Crippen molar-refractivity contribution in [3.63, 3.8) is 0 Å². The van der Waals surface area contributed by atoms with Gasteiger partial charge >= 0.3 is 6.18 Å². The zero-order valence-corrected chi connectivity index (χ0v) is 15.4. The van der Waals surface area contributed by atoms with Crippen LogP contribution in [0.2, 0.25) is 0 Å². The SMILES string of the molecule is O=C(C[C@@H]1CCCNC1)c1cc(-c2ccc(O)cc2)nc2n[nH]c(C(F)(F)F)c12. The number of fused-ring (bicyclic) bond motifs is 1. The van der Waals surface area contributed by atoms with Crippen LogP contribution in [-0.2, 0) is 6.18 Å². The average Bonchev–Trinajstić information content (AvgIpc) is 3.13. The molecule has 0 saturated carbocycles. The van der Waals surface area contributed by atoms with Gasteiger partial charge < -0.3 is 10.4 Å². The van der Waals surface area contributed by atoms with Gasteiger partial charge in [-0.1, -0.05) is 0 Å². The highest BCUT2D eigenvalue weighted by molar-refractivity contribution is 6.08. The molecule has 4 rings (SSSR count). The maximum absolute atomic E-state index is 13.5. The maximum atomic E-state index is 13.5. The molecular formula is C20H19F3N4O2. The number of pyridine rings is 1. The zero-order chi connectivity index (χ0) is 20.6. The van der Waals surface area contributed by atoms with E-state index in [4.69, 9.17) is 0 Å². The number of phenolic OH excluding ortho intramolecular Hbond substituents is 1. The van der Waals surface area contributed by atoms with E-state index in [-0.39, 0.29) is 40.5 Å². The molecule has 2 aromatic heterocycles. The van der Waals surface area contributed by atoms with Gasteiger partial charge in [0.15, 0.2) is 11.4 Å². The van der Waals surface area contributed by atoms with Gasteiger partial charge in [0.2, 0.25) is 0 Å². The van der Waals surface area contributed by atoms with E-state index in [0.29, 0.717) is 17.8 Å². The standard InChI is InChI=1S/C20H19F3N4O2/c21-20(22,23)18-17-14(16(29)8-11-2-1-7-24-10-11)9-15(25-19(17)27-26-18)12-3-5-13(28)6-4-12/h3-6,9,11,24,28H,1-2,7-8,10H2,(H,25,26,27)/t11-/m0/s1. The maximum Gasteiger partial charge on any atom is 0.433 e. The predicted molar refractivity (Wildman–Crippen MR) is 101 cm³/mol. The lowest BCUT2D eigenvalue weighted by Crippen LogP contribution is -2.31. The highest BCUT2D eigenvalue weighted by Crippen LogP contribution is 2.36. The molecule has 0 aliphatic carbocycles. The Labute approximate surface area is 164 Å². The lowest BCUT2D eigenvalue weighted by molar-refractivity contribution is -0.139. The number of carbonyl (C=O) groups excluding carboxylic acids is 1. The Balaban J connectivity index is 1.82. The smallest absolute Gasteiger partial charge is 0.433 e. The van der Waals surface area contributed by atoms with Crippen LogP contribution in [0.3, 0.4) is 0 Å². The number of aromatic amines is 1. The van der Waals surface area contributed by atoms with E-state index < -0.39 is 11.9 Å². The van der Waals surface area contributed by atoms with Crippen LogP contribution in [0, 0.1) is 5.92 Å². The fourth-order valence-electron chi connectivity index (χ4n) is 3.70. The summed E-state index contributed by atoms with van der Waals surface area (Å²) in [5.74, 6) is -0.231. The first-order valence-corrected chi connectivity index (χ1v) is 9.32. The number of aromatic hydroxyl groups is 1. The Hall–Kier alpha value is -2.94. The average molecular weight is 404 g/mol. The fourth-order valence-corrected chi connectivity index (χ4v) is 3.70. The van der Waals surface area contributed by atoms with Crippen LogP contribution in [0.25, 0.3) is 22.3 Å². The van der Waals surface area contributed by atoms with Gasteiger partial charge in [-0.05, 0) is 62.2 Å². The molecule has 152 valence electrons. The van der Waals surface area contributed by atoms with Crippen molar-refractivity contribution in [2.45, 2.75) is 25.4 Å². The van der Waals surface area contributed by atoms with Crippen LogP contribution in [0.1, 0.15) is 35.3 Å². The molecule has 1 fully saturated rings. The van der Waals surface area contributed by atoms with Crippen LogP contribution >= 0.6 is 0 Å². The van der Waals surface area contributed by atoms with Crippen molar-refractivity contribution in [3.8, 4) is 17.0 Å². The Bertz CT molecular complexity index is 1040. The third kappa shape index (κ3) is 3.95. The number of carbonyl (C=O) groups is 1. The van der Waals surface area contributed by atoms with E-state index in [1.165, 1.54) is 18.2 Å². The molecule has 1 aliphatic rings. The summed E-state index contributed by atoms with van der Waals surface area (Å²) in [5, 5.41) is 18.1. The minimum atomic E-state index is -4.68. The van der Waals surface area contributed by atoms with Gasteiger partial charge in [0.05, 0.1) is 11.1 Å². The summed E-state index contributed by atoms with van der Waals surface area (Å²) in [6.07, 6.45) is -2.74. The van der Waals surface area contributed by atoms with Gasteiger partial charge in [-0.15, -0.1) is 0 Å². The van der Waals surface area contributed by atoms with Crippen molar-refractivity contribution in [3.05, 3.63) is 41.6 Å². The Kier molecular flexibility index (Phi) is 4.99. The van der Waals surface area contributed by atoms with E-state index in [9.17, 15) is 23.1 Å². The first-order chi connectivity index (χ1) is 13.8. The van der Waals surface area contributed by atoms with Gasteiger partial charge in [-0.2, -0.15) is 18.3 Å². The molecule has 0 spiro atoms. The molecule has 0 radical (unpaired) electrons. The summed E-state index contributed by atoms with van der Waals surface area (Å²) in [4.78, 5) is 17.2. The van der Waals surface area contributed by atoms with E-state index in [1.807, 2.05) is 5.10 Å². The number of aromatic nitrogens is 3. The van der Waals surface area contributed by atoms with Gasteiger partial charge in [0.25, 0.3) is 0 Å². The molecule has 0 amide bonds. The second-order valence-corrected chi connectivity index (χ2v) is 7.24. The monoisotopic (exact) mass is 404 g/mol. The lowest BCUT2D eigenvalue weighted by Gasteiger charge is -2.22. The molecule has 9 heteroatoms. The van der Waals surface area contributed by atoms with E-state index >= 15 is 0 Å². The number of piperidine rings is 1. The Morgan fingerprint density at radius 3 is 2.66 bits per heavy atom. The summed E-state index contributed by atoms with van der Waals surface area (Å²) in [7, 11) is 0. The van der Waals surface area contributed by atoms with Crippen molar-refractivity contribution < 1.29 is 23.1 Å². The number of phenols is 1. The number of rotatable bonds is 4. The van der Waals surface area contributed by atoms with Crippen molar-refractivity contribution >= 4 is 16.8 Å². The molecule has 3 aromatic rings. The predicted octanol–water partition coefficient (Wildman–Crippen LogP) is 3.92. The summed E-state index contributed by atoms with van der Waals surface area (Å²) in [6, 6.07) is 7.45. The van der Waals surface area contributed by atoms with E-state index in [0.717, 1.165) is 19.4 Å². The zero-order valence-electron chi connectivity index (χ0n) is 15.4. The largest absolute Gasteiger partial charge is 0.508 e. The van der Waals surface area contributed by atoms with Crippen molar-refractivity contribution in [2.75, 3.05) is 13.1 Å². The highest BCUT2D eigenvalue weighted by atomic mass is 19.4. The first-order valence-electron chi connectivity index (χ1n) is 9.32. The minimum Gasteiger partial charge on any atom is -0.508 e. The molecule has 0 unspecified atom stereocenters. The Morgan fingerprint density at radius 1 is 1.24 bits per heavy atom. The third-order valence-electron chi connectivity index (χ3n) is 5.14. The molecular weight excluding hydrogens is 385 g/mol. The first kappa shape index (κ1) is 19.4. The van der Waals surface area contributed by atoms with Gasteiger partial charge in [0, 0.05) is 17.5 Å². The number of H-pyrrole nitrogens is 1. The van der Waals surface area contributed by atoms with E-state index in [1.54, 1.807) is 12.1 Å². The second-order valence-electron chi connectivity index (χ2n) is 7.24. The number of hydrogen-bond acceptors (Lipinski definition) is 5. The van der Waals surface area contributed by atoms with Gasteiger partial charge in [-0.25, -0.2) is 4.98 Å². The highest BCUT2D eigenvalue weighted by Gasteiger charge is 2.37. The summed E-state index contributed by atoms with van der Waals surface area (Å²) >= 11 is 0. The molecule has 3 heterocycles. The molecule has 6 nitrogen and oxygen atoms in total. The number of hydrogen-bond donors (Lipinski definition) is 3. The number of nitrogens with one attached hydrogen (secondary N) is 2. The minimum absolute atomic E-state index is 0.0373. The van der Waals surface area contributed by atoms with Crippen molar-refractivity contribution in [2.24, 2.45) is 5.92 Å². The fraction of sp³-hybridized carbons (Fsp3) is 0.350. The number of alkyl halides is 3. The number of halogens is 3. The van der Waals surface area contributed by atoms with Crippen molar-refractivity contribution in [1.29, 1.82) is 0 Å². The quantitative estimate of drug-likeness (QED) is 0.574. The van der Waals surface area contributed by atoms with Crippen LogP contribution in [-0.4, -0.2) is 39.2 Å². The second kappa shape index (κ2) is 7.47. The summed E-state index contributed by atoms with van der Waals surface area (Å²) < 4.78 is 40.4. The third-order valence-corrected chi connectivity index (χ3v) is 5.14. The number of nitrogens with zero attached hydrogens (tertiary/aromatic N) is 2. The summed E-state index contributed by atoms with van der Waals surface area (Å²) in [5.41, 5.74) is -0.377. The normalized spacial score (nSPS) is 17.6. The number of Topliss-reactive ketones (excluding diaryl/α,β-unsaturated/α-hetero) is 1. The topological polar surface area (TPSA) is 90.9 Å². The lowest BCUT2D eigenvalue weighted by atomic mass is 9.90. The Morgan fingerprint density at radius 2 is 2.00 bits per heavy atom. The molecule has 1 saturated heterocycles. The van der Waals surface area contributed by atoms with E-state index in [2.05, 4.69) is 15.4 Å². The van der Waals surface area contributed by atoms with Gasteiger partial charge in [-0.3, -0.25) is 9.89 Å². The molecule has 1 aliphatic heterocycles. The summed E-state index contributed by atoms with van der Waals surface area (Å²) in [6.45, 7) is 1.55. The van der Waals surface area contributed by atoms with Crippen molar-refractivity contribution in [1.82, 2.24) is 20.5 Å². The molecule has 1 aromatic carbocycles. The van der Waals surface area contributed by atoms with Crippen LogP contribution < -0.4 is 5.32 Å².